The van der Waals surface area contributed by atoms with E-state index in [1.165, 1.54) is 60.1 Å². The molecule has 10 aromatic rings. The van der Waals surface area contributed by atoms with E-state index in [9.17, 15) is 0 Å². The normalized spacial score (nSPS) is 14.6. The van der Waals surface area contributed by atoms with E-state index in [1.54, 1.807) is 0 Å². The van der Waals surface area contributed by atoms with Gasteiger partial charge in [0, 0.05) is 16.7 Å². The smallest absolute Gasteiger partial charge is 0.164 e. The van der Waals surface area contributed by atoms with E-state index >= 15 is 0 Å². The SMILES string of the molecule is c1ccc(-c2nc(-c3ccccc3)nc(-c3ccccc3C3(c4ccccc4)c4ccccc4-c4cc5c6ccccc6c6ccccc6c5cc43)n2)cc1. The van der Waals surface area contributed by atoms with Gasteiger partial charge >= 0.3 is 0 Å². The van der Waals surface area contributed by atoms with Crippen LogP contribution in [0.1, 0.15) is 22.3 Å². The molecule has 0 fully saturated rings. The Labute approximate surface area is 319 Å². The first-order valence-electron chi connectivity index (χ1n) is 18.8. The standard InChI is InChI=1S/C52H33N3/c1-4-18-34(19-5-1)49-53-50(35-20-6-2-7-21-35)55-51(54-49)42-29-15-17-31-47(42)52(36-22-8-3-9-23-36)46-30-16-14-28-41(46)45-32-43-39-26-12-10-24-37(39)38-25-11-13-27-40(38)44(43)33-48(45)52/h1-33H. The molecule has 1 aliphatic carbocycles. The number of fused-ring (bicyclic) bond motifs is 9. The van der Waals surface area contributed by atoms with E-state index in [2.05, 4.69) is 164 Å². The summed E-state index contributed by atoms with van der Waals surface area (Å²) in [4.78, 5) is 15.6. The highest BCUT2D eigenvalue weighted by atomic mass is 15.0. The molecule has 1 aromatic heterocycles. The zero-order chi connectivity index (χ0) is 36.3. The lowest BCUT2D eigenvalue weighted by atomic mass is 9.66. The fraction of sp³-hybridized carbons (Fsp3) is 0.0192. The molecule has 0 saturated carbocycles. The van der Waals surface area contributed by atoms with Gasteiger partial charge in [-0.05, 0) is 77.8 Å². The predicted octanol–water partition coefficient (Wildman–Crippen LogP) is 12.7. The van der Waals surface area contributed by atoms with Crippen LogP contribution in [-0.2, 0) is 5.41 Å². The topological polar surface area (TPSA) is 38.7 Å². The summed E-state index contributed by atoms with van der Waals surface area (Å²) < 4.78 is 0. The third-order valence-corrected chi connectivity index (χ3v) is 11.4. The lowest BCUT2D eigenvalue weighted by Crippen LogP contribution is -2.29. The highest BCUT2D eigenvalue weighted by Crippen LogP contribution is 2.59. The minimum atomic E-state index is -0.683. The van der Waals surface area contributed by atoms with Crippen LogP contribution in [0.15, 0.2) is 200 Å². The van der Waals surface area contributed by atoms with Crippen LogP contribution in [0.2, 0.25) is 0 Å². The summed E-state index contributed by atoms with van der Waals surface area (Å²) in [5, 5.41) is 7.56. The zero-order valence-electron chi connectivity index (χ0n) is 29.9. The molecule has 1 aliphatic rings. The highest BCUT2D eigenvalue weighted by molar-refractivity contribution is 6.26. The van der Waals surface area contributed by atoms with Crippen molar-refractivity contribution in [2.75, 3.05) is 0 Å². The number of benzene rings is 9. The fourth-order valence-electron chi connectivity index (χ4n) is 9.05. The number of hydrogen-bond donors (Lipinski definition) is 0. The van der Waals surface area contributed by atoms with Gasteiger partial charge in [-0.15, -0.1) is 0 Å². The molecule has 1 unspecified atom stereocenters. The molecule has 1 heterocycles. The maximum atomic E-state index is 5.27. The predicted molar refractivity (Wildman–Crippen MR) is 226 cm³/mol. The van der Waals surface area contributed by atoms with Crippen molar-refractivity contribution in [2.24, 2.45) is 0 Å². The van der Waals surface area contributed by atoms with Crippen LogP contribution in [0.25, 0.3) is 77.6 Å². The molecular formula is C52H33N3. The molecule has 9 aromatic carbocycles. The van der Waals surface area contributed by atoms with E-state index < -0.39 is 5.41 Å². The van der Waals surface area contributed by atoms with Gasteiger partial charge in [-0.1, -0.05) is 188 Å². The van der Waals surface area contributed by atoms with Crippen LogP contribution in [-0.4, -0.2) is 15.0 Å². The minimum absolute atomic E-state index is 0.641. The molecule has 1 atom stereocenters. The Bertz CT molecular complexity index is 3030. The lowest BCUT2D eigenvalue weighted by Gasteiger charge is -2.35. The second-order valence-corrected chi connectivity index (χ2v) is 14.3. The highest BCUT2D eigenvalue weighted by Gasteiger charge is 2.47. The van der Waals surface area contributed by atoms with Crippen molar-refractivity contribution in [1.29, 1.82) is 0 Å². The third-order valence-electron chi connectivity index (χ3n) is 11.4. The summed E-state index contributed by atoms with van der Waals surface area (Å²) in [6.07, 6.45) is 0. The van der Waals surface area contributed by atoms with Gasteiger partial charge in [-0.2, -0.15) is 0 Å². The Hall–Kier alpha value is -7.23. The average molecular weight is 700 g/mol. The second-order valence-electron chi connectivity index (χ2n) is 14.3. The van der Waals surface area contributed by atoms with Crippen LogP contribution in [0.5, 0.6) is 0 Å². The largest absolute Gasteiger partial charge is 0.208 e. The number of nitrogens with zero attached hydrogens (tertiary/aromatic N) is 3. The van der Waals surface area contributed by atoms with E-state index in [4.69, 9.17) is 15.0 Å². The maximum Gasteiger partial charge on any atom is 0.164 e. The molecule has 0 saturated heterocycles. The monoisotopic (exact) mass is 699 g/mol. The number of hydrogen-bond acceptors (Lipinski definition) is 3. The van der Waals surface area contributed by atoms with Crippen molar-refractivity contribution >= 4 is 32.3 Å². The van der Waals surface area contributed by atoms with Gasteiger partial charge in [0.05, 0.1) is 5.41 Å². The van der Waals surface area contributed by atoms with Crippen LogP contribution in [0, 0.1) is 0 Å². The van der Waals surface area contributed by atoms with Gasteiger partial charge in [-0.25, -0.2) is 15.0 Å². The second kappa shape index (κ2) is 12.4. The molecule has 55 heavy (non-hydrogen) atoms. The van der Waals surface area contributed by atoms with Gasteiger partial charge in [-0.3, -0.25) is 0 Å². The molecule has 0 aliphatic heterocycles. The summed E-state index contributed by atoms with van der Waals surface area (Å²) in [5.74, 6) is 1.93. The van der Waals surface area contributed by atoms with Crippen molar-refractivity contribution in [3.63, 3.8) is 0 Å². The molecule has 0 N–H and O–H groups in total. The number of aromatic nitrogens is 3. The summed E-state index contributed by atoms with van der Waals surface area (Å²) in [5.41, 5.74) is 9.47. The van der Waals surface area contributed by atoms with Gasteiger partial charge < -0.3 is 0 Å². The summed E-state index contributed by atoms with van der Waals surface area (Å²) >= 11 is 0. The van der Waals surface area contributed by atoms with Crippen molar-refractivity contribution in [1.82, 2.24) is 15.0 Å². The molecule has 0 spiro atoms. The average Bonchev–Trinajstić information content (AvgIpc) is 3.56. The Morgan fingerprint density at radius 3 is 1.24 bits per heavy atom. The fourth-order valence-corrected chi connectivity index (χ4v) is 9.05. The molecule has 256 valence electrons. The van der Waals surface area contributed by atoms with Gasteiger partial charge in [0.25, 0.3) is 0 Å². The van der Waals surface area contributed by atoms with E-state index in [1.807, 2.05) is 36.4 Å². The first-order valence-corrected chi connectivity index (χ1v) is 18.8. The van der Waals surface area contributed by atoms with Crippen LogP contribution >= 0.6 is 0 Å². The van der Waals surface area contributed by atoms with Crippen LogP contribution in [0.4, 0.5) is 0 Å². The molecule has 0 amide bonds. The Balaban J connectivity index is 1.27. The van der Waals surface area contributed by atoms with E-state index in [0.717, 1.165) is 22.3 Å². The Morgan fingerprint density at radius 2 is 0.673 bits per heavy atom. The van der Waals surface area contributed by atoms with Crippen LogP contribution < -0.4 is 0 Å². The van der Waals surface area contributed by atoms with Crippen LogP contribution in [0.3, 0.4) is 0 Å². The van der Waals surface area contributed by atoms with Crippen molar-refractivity contribution < 1.29 is 0 Å². The maximum absolute atomic E-state index is 5.27. The summed E-state index contributed by atoms with van der Waals surface area (Å²) in [6.45, 7) is 0. The lowest BCUT2D eigenvalue weighted by molar-refractivity contribution is 0.770. The quantitative estimate of drug-likeness (QED) is 0.168. The third kappa shape index (κ3) is 4.73. The molecule has 0 bridgehead atoms. The van der Waals surface area contributed by atoms with Gasteiger partial charge in [0.15, 0.2) is 17.5 Å². The molecule has 0 radical (unpaired) electrons. The Morgan fingerprint density at radius 1 is 0.273 bits per heavy atom. The Kier molecular flexibility index (Phi) is 7.08. The summed E-state index contributed by atoms with van der Waals surface area (Å²) in [6, 6.07) is 71.7. The molecule has 3 nitrogen and oxygen atoms in total. The number of rotatable bonds is 5. The van der Waals surface area contributed by atoms with Crippen molar-refractivity contribution in [3.05, 3.63) is 222 Å². The summed E-state index contributed by atoms with van der Waals surface area (Å²) in [7, 11) is 0. The van der Waals surface area contributed by atoms with E-state index in [-0.39, 0.29) is 0 Å². The molecular weight excluding hydrogens is 667 g/mol. The van der Waals surface area contributed by atoms with Crippen molar-refractivity contribution in [2.45, 2.75) is 5.41 Å². The minimum Gasteiger partial charge on any atom is -0.208 e. The van der Waals surface area contributed by atoms with Gasteiger partial charge in [0.1, 0.15) is 0 Å². The zero-order valence-corrected chi connectivity index (χ0v) is 29.9. The molecule has 11 rings (SSSR count). The van der Waals surface area contributed by atoms with E-state index in [0.29, 0.717) is 17.5 Å². The first kappa shape index (κ1) is 31.3. The van der Waals surface area contributed by atoms with Gasteiger partial charge in [0.2, 0.25) is 0 Å². The van der Waals surface area contributed by atoms with Crippen molar-refractivity contribution in [3.8, 4) is 45.3 Å². The first-order chi connectivity index (χ1) is 27.3. The molecule has 3 heteroatoms.